The van der Waals surface area contributed by atoms with Crippen molar-refractivity contribution in [1.29, 1.82) is 0 Å². The predicted molar refractivity (Wildman–Crippen MR) is 79.4 cm³/mol. The van der Waals surface area contributed by atoms with E-state index in [9.17, 15) is 4.79 Å². The minimum Gasteiger partial charge on any atom is -0.324 e. The fraction of sp³-hybridized carbons (Fsp3) is 0.562. The van der Waals surface area contributed by atoms with Crippen molar-refractivity contribution in [1.82, 2.24) is 5.32 Å². The van der Waals surface area contributed by atoms with Gasteiger partial charge in [-0.3, -0.25) is 4.79 Å². The summed E-state index contributed by atoms with van der Waals surface area (Å²) in [5, 5.41) is 6.28. The molecule has 1 aliphatic rings. The number of rotatable bonds is 2. The van der Waals surface area contributed by atoms with Gasteiger partial charge in [-0.25, -0.2) is 0 Å². The fourth-order valence-electron chi connectivity index (χ4n) is 2.41. The molecule has 3 heteroatoms. The monoisotopic (exact) mass is 260 g/mol. The molecule has 3 nitrogen and oxygen atoms in total. The Morgan fingerprint density at radius 2 is 1.89 bits per heavy atom. The molecule has 1 heterocycles. The second kappa shape index (κ2) is 4.97. The van der Waals surface area contributed by atoms with E-state index in [0.717, 1.165) is 25.1 Å². The van der Waals surface area contributed by atoms with Gasteiger partial charge in [-0.2, -0.15) is 0 Å². The Labute approximate surface area is 115 Å². The maximum absolute atomic E-state index is 12.2. The lowest BCUT2D eigenvalue weighted by molar-refractivity contribution is -0.121. The number of anilines is 1. The fourth-order valence-corrected chi connectivity index (χ4v) is 2.41. The summed E-state index contributed by atoms with van der Waals surface area (Å²) < 4.78 is 0. The number of carbonyl (C=O) groups excluding carboxylic acids is 1. The first-order valence-electron chi connectivity index (χ1n) is 6.98. The van der Waals surface area contributed by atoms with E-state index in [2.05, 4.69) is 43.5 Å². The van der Waals surface area contributed by atoms with Crippen LogP contribution in [0.25, 0.3) is 0 Å². The van der Waals surface area contributed by atoms with Gasteiger partial charge < -0.3 is 10.6 Å². The van der Waals surface area contributed by atoms with Crippen LogP contribution in [0.1, 0.15) is 46.1 Å². The molecule has 1 aromatic carbocycles. The molecule has 1 unspecified atom stereocenters. The zero-order valence-corrected chi connectivity index (χ0v) is 12.3. The lowest BCUT2D eigenvalue weighted by atomic mass is 9.87. The van der Waals surface area contributed by atoms with Gasteiger partial charge in [0, 0.05) is 5.69 Å². The number of benzene rings is 1. The van der Waals surface area contributed by atoms with Crippen molar-refractivity contribution < 1.29 is 4.79 Å². The van der Waals surface area contributed by atoms with Crippen LogP contribution in [0.4, 0.5) is 5.69 Å². The van der Waals surface area contributed by atoms with Crippen LogP contribution in [0.15, 0.2) is 24.3 Å². The maximum Gasteiger partial charge on any atom is 0.244 e. The van der Waals surface area contributed by atoms with E-state index in [1.165, 1.54) is 5.56 Å². The first-order valence-corrected chi connectivity index (χ1v) is 6.98. The van der Waals surface area contributed by atoms with E-state index in [4.69, 9.17) is 0 Å². The molecule has 0 aliphatic carbocycles. The second-order valence-electron chi connectivity index (χ2n) is 6.64. The largest absolute Gasteiger partial charge is 0.324 e. The molecular weight excluding hydrogens is 236 g/mol. The molecule has 1 aromatic rings. The van der Waals surface area contributed by atoms with Gasteiger partial charge >= 0.3 is 0 Å². The van der Waals surface area contributed by atoms with Gasteiger partial charge in [-0.05, 0) is 49.4 Å². The topological polar surface area (TPSA) is 41.1 Å². The molecule has 2 rings (SSSR count). The molecule has 1 atom stereocenters. The highest BCUT2D eigenvalue weighted by atomic mass is 16.2. The number of carbonyl (C=O) groups is 1. The highest BCUT2D eigenvalue weighted by Crippen LogP contribution is 2.25. The molecule has 0 radical (unpaired) electrons. The number of hydrogen-bond donors (Lipinski definition) is 2. The number of amides is 1. The Balaban J connectivity index is 2.06. The molecule has 104 valence electrons. The summed E-state index contributed by atoms with van der Waals surface area (Å²) in [7, 11) is 0. The second-order valence-corrected chi connectivity index (χ2v) is 6.64. The third kappa shape index (κ3) is 3.16. The molecule has 0 aromatic heterocycles. The number of hydrogen-bond acceptors (Lipinski definition) is 2. The zero-order chi connectivity index (χ0) is 14.1. The molecule has 0 spiro atoms. The predicted octanol–water partition coefficient (Wildman–Crippen LogP) is 3.06. The Hall–Kier alpha value is -1.35. The molecule has 2 N–H and O–H groups in total. The van der Waals surface area contributed by atoms with Crippen molar-refractivity contribution in [2.45, 2.75) is 51.5 Å². The van der Waals surface area contributed by atoms with Crippen LogP contribution in [0.3, 0.4) is 0 Å². The van der Waals surface area contributed by atoms with E-state index >= 15 is 0 Å². The third-order valence-electron chi connectivity index (χ3n) is 3.88. The normalized spacial score (nSPS) is 23.4. The summed E-state index contributed by atoms with van der Waals surface area (Å²) in [6.45, 7) is 9.45. The van der Waals surface area contributed by atoms with Crippen LogP contribution in [-0.2, 0) is 10.2 Å². The Kier molecular flexibility index (Phi) is 3.68. The van der Waals surface area contributed by atoms with E-state index in [0.29, 0.717) is 0 Å². The van der Waals surface area contributed by atoms with Crippen molar-refractivity contribution in [3.05, 3.63) is 29.8 Å². The highest BCUT2D eigenvalue weighted by Gasteiger charge is 2.35. The van der Waals surface area contributed by atoms with Crippen LogP contribution < -0.4 is 10.6 Å². The van der Waals surface area contributed by atoms with Crippen molar-refractivity contribution >= 4 is 11.6 Å². The molecule has 0 saturated carbocycles. The summed E-state index contributed by atoms with van der Waals surface area (Å²) in [5.41, 5.74) is 1.87. The van der Waals surface area contributed by atoms with Gasteiger partial charge in [0.25, 0.3) is 0 Å². The lowest BCUT2D eigenvalue weighted by Crippen LogP contribution is -2.47. The first-order chi connectivity index (χ1) is 8.81. The van der Waals surface area contributed by atoms with Gasteiger partial charge in [0.1, 0.15) is 0 Å². The molecular formula is C16H24N2O. The van der Waals surface area contributed by atoms with Crippen LogP contribution in [-0.4, -0.2) is 18.0 Å². The molecule has 1 amide bonds. The summed E-state index contributed by atoms with van der Waals surface area (Å²) in [4.78, 5) is 12.2. The molecule has 1 fully saturated rings. The SMILES string of the molecule is CC1(C(=O)Nc2ccc(C(C)(C)C)cc2)CCCN1. The summed E-state index contributed by atoms with van der Waals surface area (Å²) in [6.07, 6.45) is 1.96. The maximum atomic E-state index is 12.2. The summed E-state index contributed by atoms with van der Waals surface area (Å²) in [5.74, 6) is 0.0634. The smallest absolute Gasteiger partial charge is 0.244 e. The highest BCUT2D eigenvalue weighted by molar-refractivity contribution is 5.98. The Morgan fingerprint density at radius 1 is 1.26 bits per heavy atom. The Morgan fingerprint density at radius 3 is 2.37 bits per heavy atom. The van der Waals surface area contributed by atoms with Crippen LogP contribution >= 0.6 is 0 Å². The van der Waals surface area contributed by atoms with E-state index in [1.807, 2.05) is 19.1 Å². The van der Waals surface area contributed by atoms with Gasteiger partial charge in [0.05, 0.1) is 5.54 Å². The summed E-state index contributed by atoms with van der Waals surface area (Å²) >= 11 is 0. The first kappa shape index (κ1) is 14.1. The lowest BCUT2D eigenvalue weighted by Gasteiger charge is -2.23. The van der Waals surface area contributed by atoms with Crippen molar-refractivity contribution in [3.63, 3.8) is 0 Å². The average Bonchev–Trinajstić information content (AvgIpc) is 2.77. The number of nitrogens with one attached hydrogen (secondary N) is 2. The standard InChI is InChI=1S/C16H24N2O/c1-15(2,3)12-6-8-13(9-7-12)18-14(19)16(4)10-5-11-17-16/h6-9,17H,5,10-11H2,1-4H3,(H,18,19). The quantitative estimate of drug-likeness (QED) is 0.858. The Bertz CT molecular complexity index is 451. The van der Waals surface area contributed by atoms with E-state index in [-0.39, 0.29) is 11.3 Å². The van der Waals surface area contributed by atoms with Crippen LogP contribution in [0.5, 0.6) is 0 Å². The molecule has 1 saturated heterocycles. The minimum atomic E-state index is -0.414. The summed E-state index contributed by atoms with van der Waals surface area (Å²) in [6, 6.07) is 8.13. The van der Waals surface area contributed by atoms with Gasteiger partial charge in [-0.1, -0.05) is 32.9 Å². The van der Waals surface area contributed by atoms with Crippen LogP contribution in [0.2, 0.25) is 0 Å². The van der Waals surface area contributed by atoms with Gasteiger partial charge in [0.2, 0.25) is 5.91 Å². The van der Waals surface area contributed by atoms with Gasteiger partial charge in [-0.15, -0.1) is 0 Å². The van der Waals surface area contributed by atoms with Crippen molar-refractivity contribution in [2.24, 2.45) is 0 Å². The average molecular weight is 260 g/mol. The van der Waals surface area contributed by atoms with Gasteiger partial charge in [0.15, 0.2) is 0 Å². The molecule has 19 heavy (non-hydrogen) atoms. The third-order valence-corrected chi connectivity index (χ3v) is 3.88. The van der Waals surface area contributed by atoms with Crippen molar-refractivity contribution in [3.8, 4) is 0 Å². The minimum absolute atomic E-state index is 0.0634. The van der Waals surface area contributed by atoms with Crippen LogP contribution in [0, 0.1) is 0 Å². The molecule has 1 aliphatic heterocycles. The van der Waals surface area contributed by atoms with E-state index in [1.54, 1.807) is 0 Å². The zero-order valence-electron chi connectivity index (χ0n) is 12.3. The molecule has 0 bridgehead atoms. The van der Waals surface area contributed by atoms with E-state index < -0.39 is 5.54 Å². The van der Waals surface area contributed by atoms with Crippen molar-refractivity contribution in [2.75, 3.05) is 11.9 Å².